The number of H-pyrrole nitrogens is 1. The Balaban J connectivity index is 1.80. The lowest BCUT2D eigenvalue weighted by Gasteiger charge is -2.24. The zero-order chi connectivity index (χ0) is 21.7. The number of aliphatic hydroxyl groups is 1. The van der Waals surface area contributed by atoms with Crippen molar-refractivity contribution in [2.24, 2.45) is 11.8 Å². The van der Waals surface area contributed by atoms with E-state index in [-0.39, 0.29) is 53.3 Å². The van der Waals surface area contributed by atoms with Crippen LogP contribution in [0.2, 0.25) is 5.02 Å². The Morgan fingerprint density at radius 3 is 2.77 bits per heavy atom. The average Bonchev–Trinajstić information content (AvgIpc) is 3.17. The summed E-state index contributed by atoms with van der Waals surface area (Å²) in [6.45, 7) is 0.0121. The Hall–Kier alpha value is -2.45. The highest BCUT2D eigenvalue weighted by Gasteiger charge is 2.45. The van der Waals surface area contributed by atoms with Gasteiger partial charge in [0.05, 0.1) is 34.4 Å². The molecule has 0 saturated heterocycles. The second-order valence-corrected chi connectivity index (χ2v) is 9.65. The summed E-state index contributed by atoms with van der Waals surface area (Å²) in [4.78, 5) is 11.2. The van der Waals surface area contributed by atoms with Gasteiger partial charge in [0.15, 0.2) is 9.84 Å². The smallest absolute Gasteiger partial charge is 0.264 e. The number of aromatic nitrogens is 2. The van der Waals surface area contributed by atoms with E-state index in [4.69, 9.17) is 21.6 Å². The Kier molecular flexibility index (Phi) is 7.10. The molecule has 11 heteroatoms. The largest absolute Gasteiger partial charge is 0.476 e. The lowest BCUT2D eigenvalue weighted by Crippen LogP contribution is -2.39. The summed E-state index contributed by atoms with van der Waals surface area (Å²) < 4.78 is 31.9. The van der Waals surface area contributed by atoms with E-state index in [2.05, 4.69) is 15.5 Å². The fraction of sp³-hybridized carbons (Fsp3) is 0.421. The highest BCUT2D eigenvalue weighted by atomic mass is 35.5. The van der Waals surface area contributed by atoms with Gasteiger partial charge in [0.25, 0.3) is 5.56 Å². The van der Waals surface area contributed by atoms with Gasteiger partial charge in [-0.25, -0.2) is 13.5 Å². The van der Waals surface area contributed by atoms with E-state index in [9.17, 15) is 18.3 Å². The summed E-state index contributed by atoms with van der Waals surface area (Å²) in [7, 11) is -3.73. The third-order valence-corrected chi connectivity index (χ3v) is 7.86. The van der Waals surface area contributed by atoms with Crippen molar-refractivity contribution >= 4 is 21.4 Å². The summed E-state index contributed by atoms with van der Waals surface area (Å²) in [6, 6.07) is 10.8. The maximum Gasteiger partial charge on any atom is 0.264 e. The molecule has 30 heavy (non-hydrogen) atoms. The number of rotatable bonds is 8. The number of benzene rings is 1. The van der Waals surface area contributed by atoms with E-state index in [1.165, 1.54) is 24.3 Å². The number of sulfone groups is 1. The number of halogens is 1. The topological polar surface area (TPSA) is 145 Å². The molecule has 1 fully saturated rings. The van der Waals surface area contributed by atoms with Crippen molar-refractivity contribution in [1.82, 2.24) is 15.5 Å². The maximum absolute atomic E-state index is 13.2. The highest BCUT2D eigenvalue weighted by Crippen LogP contribution is 2.41. The van der Waals surface area contributed by atoms with Crippen LogP contribution in [0, 0.1) is 23.2 Å². The molecule has 1 aromatic carbocycles. The van der Waals surface area contributed by atoms with Crippen LogP contribution in [0.3, 0.4) is 0 Å². The summed E-state index contributed by atoms with van der Waals surface area (Å²) >= 11 is 6.11. The van der Waals surface area contributed by atoms with E-state index in [1.54, 1.807) is 12.1 Å². The van der Waals surface area contributed by atoms with Crippen molar-refractivity contribution in [2.45, 2.75) is 29.2 Å². The predicted octanol–water partition coefficient (Wildman–Crippen LogP) is 1.10. The highest BCUT2D eigenvalue weighted by molar-refractivity contribution is 7.92. The zero-order valence-electron chi connectivity index (χ0n) is 15.9. The van der Waals surface area contributed by atoms with Crippen LogP contribution in [-0.2, 0) is 9.84 Å². The van der Waals surface area contributed by atoms with E-state index >= 15 is 0 Å². The van der Waals surface area contributed by atoms with Crippen LogP contribution in [0.15, 0.2) is 46.1 Å². The first kappa shape index (κ1) is 22.2. The normalized spacial score (nSPS) is 22.4. The van der Waals surface area contributed by atoms with E-state index in [0.717, 1.165) is 0 Å². The number of nitriles is 1. The summed E-state index contributed by atoms with van der Waals surface area (Å²) in [6.07, 6.45) is -0.652. The molecule has 3 rings (SSSR count). The van der Waals surface area contributed by atoms with E-state index in [1.807, 2.05) is 6.07 Å². The van der Waals surface area contributed by atoms with Crippen molar-refractivity contribution < 1.29 is 18.3 Å². The molecule has 0 spiro atoms. The Morgan fingerprint density at radius 2 is 2.10 bits per heavy atom. The molecule has 160 valence electrons. The molecule has 4 unspecified atom stereocenters. The molecular weight excluding hydrogens is 432 g/mol. The van der Waals surface area contributed by atoms with Crippen LogP contribution in [0.5, 0.6) is 5.88 Å². The van der Waals surface area contributed by atoms with Gasteiger partial charge in [-0.05, 0) is 25.0 Å². The molecule has 0 bridgehead atoms. The minimum absolute atomic E-state index is 0.0544. The molecule has 2 aromatic rings. The molecule has 1 aliphatic carbocycles. The molecule has 1 heterocycles. The number of hydrogen-bond donors (Lipinski definition) is 3. The molecule has 0 amide bonds. The third kappa shape index (κ3) is 4.99. The first-order valence-corrected chi connectivity index (χ1v) is 11.2. The number of nitrogens with zero attached hydrogens (tertiary/aromatic N) is 2. The summed E-state index contributed by atoms with van der Waals surface area (Å²) in [5.41, 5.74) is -0.372. The molecule has 1 aromatic heterocycles. The Morgan fingerprint density at radius 1 is 1.33 bits per heavy atom. The number of aromatic amines is 1. The number of ether oxygens (including phenoxy) is 1. The van der Waals surface area contributed by atoms with Crippen molar-refractivity contribution in [1.29, 1.82) is 5.26 Å². The first-order chi connectivity index (χ1) is 14.3. The van der Waals surface area contributed by atoms with E-state index < -0.39 is 27.2 Å². The molecule has 1 saturated carbocycles. The summed E-state index contributed by atoms with van der Waals surface area (Å²) in [5, 5.41) is 27.4. The SMILES string of the molecule is N#CCNC(O)C1CC(S(=O)(=O)c2ccccc2Cl)CC1COc1ccc(=O)[nH]n1. The van der Waals surface area contributed by atoms with Gasteiger partial charge in [0, 0.05) is 24.0 Å². The monoisotopic (exact) mass is 452 g/mol. The molecular formula is C19H21ClN4O5S. The fourth-order valence-electron chi connectivity index (χ4n) is 3.70. The molecule has 3 N–H and O–H groups in total. The first-order valence-electron chi connectivity index (χ1n) is 9.28. The molecule has 0 aliphatic heterocycles. The second-order valence-electron chi connectivity index (χ2n) is 7.05. The van der Waals surface area contributed by atoms with Gasteiger partial charge >= 0.3 is 0 Å². The van der Waals surface area contributed by atoms with Gasteiger partial charge in [-0.2, -0.15) is 5.26 Å². The summed E-state index contributed by atoms with van der Waals surface area (Å²) in [5.74, 6) is -0.615. The van der Waals surface area contributed by atoms with Gasteiger partial charge in [-0.15, -0.1) is 5.10 Å². The standard InChI is InChI=1S/C19H21ClN4O5S/c20-15-3-1-2-4-16(15)30(27,28)13-9-12(14(10-13)19(26)22-8-7-21)11-29-18-6-5-17(25)23-24-18/h1-6,12-14,19,22,26H,8-11H2,(H,23,25). The Bertz CT molecular complexity index is 1060. The number of aliphatic hydroxyl groups excluding tert-OH is 1. The lowest BCUT2D eigenvalue weighted by atomic mass is 9.95. The fourth-order valence-corrected chi connectivity index (χ4v) is 6.10. The number of hydrogen-bond acceptors (Lipinski definition) is 8. The Labute approximate surface area is 178 Å². The quantitative estimate of drug-likeness (QED) is 0.398. The van der Waals surface area contributed by atoms with Gasteiger partial charge in [0.2, 0.25) is 5.88 Å². The predicted molar refractivity (Wildman–Crippen MR) is 109 cm³/mol. The van der Waals surface area contributed by atoms with Crippen LogP contribution in [0.4, 0.5) is 0 Å². The van der Waals surface area contributed by atoms with Crippen LogP contribution in [-0.4, -0.2) is 48.4 Å². The van der Waals surface area contributed by atoms with Crippen LogP contribution in [0.25, 0.3) is 0 Å². The van der Waals surface area contributed by atoms with Gasteiger partial charge in [-0.1, -0.05) is 23.7 Å². The minimum atomic E-state index is -3.73. The molecule has 1 aliphatic rings. The van der Waals surface area contributed by atoms with Gasteiger partial charge in [0.1, 0.15) is 6.23 Å². The van der Waals surface area contributed by atoms with E-state index in [0.29, 0.717) is 0 Å². The number of nitrogens with one attached hydrogen (secondary N) is 2. The second kappa shape index (κ2) is 9.57. The minimum Gasteiger partial charge on any atom is -0.476 e. The van der Waals surface area contributed by atoms with Crippen LogP contribution < -0.4 is 15.6 Å². The third-order valence-electron chi connectivity index (χ3n) is 5.18. The maximum atomic E-state index is 13.2. The molecule has 4 atom stereocenters. The average molecular weight is 453 g/mol. The van der Waals surface area contributed by atoms with Gasteiger partial charge < -0.3 is 9.84 Å². The van der Waals surface area contributed by atoms with Crippen LogP contribution in [0.1, 0.15) is 12.8 Å². The molecule has 0 radical (unpaired) electrons. The van der Waals surface area contributed by atoms with Crippen molar-refractivity contribution in [2.75, 3.05) is 13.2 Å². The van der Waals surface area contributed by atoms with Crippen molar-refractivity contribution in [3.05, 3.63) is 51.8 Å². The zero-order valence-corrected chi connectivity index (χ0v) is 17.4. The van der Waals surface area contributed by atoms with Crippen molar-refractivity contribution in [3.63, 3.8) is 0 Å². The van der Waals surface area contributed by atoms with Gasteiger partial charge in [-0.3, -0.25) is 10.1 Å². The molecule has 9 nitrogen and oxygen atoms in total. The lowest BCUT2D eigenvalue weighted by molar-refractivity contribution is 0.0451. The van der Waals surface area contributed by atoms with Crippen LogP contribution >= 0.6 is 11.6 Å². The van der Waals surface area contributed by atoms with Crippen molar-refractivity contribution in [3.8, 4) is 11.9 Å².